The van der Waals surface area contributed by atoms with Gasteiger partial charge in [-0.3, -0.25) is 4.79 Å². The third-order valence-corrected chi connectivity index (χ3v) is 3.71. The van der Waals surface area contributed by atoms with E-state index in [4.69, 9.17) is 0 Å². The Morgan fingerprint density at radius 3 is 3.06 bits per heavy atom. The summed E-state index contributed by atoms with van der Waals surface area (Å²) < 4.78 is 0. The maximum atomic E-state index is 12.0. The van der Waals surface area contributed by atoms with Gasteiger partial charge < -0.3 is 10.2 Å². The van der Waals surface area contributed by atoms with Crippen molar-refractivity contribution in [3.8, 4) is 0 Å². The molecular weight excluding hydrogens is 200 g/mol. The molecule has 16 heavy (non-hydrogen) atoms. The van der Waals surface area contributed by atoms with Gasteiger partial charge in [-0.15, -0.1) is 0 Å². The molecule has 3 heteroatoms. The van der Waals surface area contributed by atoms with Crippen LogP contribution in [-0.2, 0) is 0 Å². The van der Waals surface area contributed by atoms with Crippen LogP contribution in [0.25, 0.3) is 0 Å². The van der Waals surface area contributed by atoms with Crippen LogP contribution in [0.1, 0.15) is 35.7 Å². The average Bonchev–Trinajstić information content (AvgIpc) is 2.60. The third-order valence-electron chi connectivity index (χ3n) is 3.71. The summed E-state index contributed by atoms with van der Waals surface area (Å²) in [7, 11) is 0. The maximum absolute atomic E-state index is 12.0. The SMILES string of the molecule is Cc1ccc2c(c1)C(=O)NC1(C)CCCN21. The molecule has 1 aromatic rings. The van der Waals surface area contributed by atoms with Crippen LogP contribution in [0.3, 0.4) is 0 Å². The van der Waals surface area contributed by atoms with Gasteiger partial charge in [0.1, 0.15) is 5.66 Å². The van der Waals surface area contributed by atoms with Crippen LogP contribution < -0.4 is 10.2 Å². The van der Waals surface area contributed by atoms with Crippen LogP contribution in [0.2, 0.25) is 0 Å². The lowest BCUT2D eigenvalue weighted by molar-refractivity contribution is 0.0897. The van der Waals surface area contributed by atoms with Crippen molar-refractivity contribution in [1.82, 2.24) is 5.32 Å². The lowest BCUT2D eigenvalue weighted by atomic mass is 10.00. The molecule has 1 aromatic carbocycles. The van der Waals surface area contributed by atoms with Crippen molar-refractivity contribution < 1.29 is 4.79 Å². The predicted molar refractivity (Wildman–Crippen MR) is 63.6 cm³/mol. The summed E-state index contributed by atoms with van der Waals surface area (Å²) in [6, 6.07) is 6.13. The molecular formula is C13H16N2O. The molecule has 1 unspecified atom stereocenters. The summed E-state index contributed by atoms with van der Waals surface area (Å²) >= 11 is 0. The summed E-state index contributed by atoms with van der Waals surface area (Å²) in [6.07, 6.45) is 2.18. The Labute approximate surface area is 95.4 Å². The van der Waals surface area contributed by atoms with Gasteiger partial charge in [-0.25, -0.2) is 0 Å². The first-order valence-corrected chi connectivity index (χ1v) is 5.81. The molecule has 3 nitrogen and oxygen atoms in total. The molecule has 1 N–H and O–H groups in total. The van der Waals surface area contributed by atoms with E-state index in [1.54, 1.807) is 0 Å². The number of nitrogens with one attached hydrogen (secondary N) is 1. The third kappa shape index (κ3) is 1.17. The first-order chi connectivity index (χ1) is 7.60. The Balaban J connectivity index is 2.17. The average molecular weight is 216 g/mol. The number of aryl methyl sites for hydroxylation is 1. The Kier molecular flexibility index (Phi) is 1.82. The van der Waals surface area contributed by atoms with Crippen molar-refractivity contribution in [2.45, 2.75) is 32.4 Å². The normalized spacial score (nSPS) is 27.4. The fraction of sp³-hybridized carbons (Fsp3) is 0.462. The molecule has 1 amide bonds. The van der Waals surface area contributed by atoms with Crippen LogP contribution in [0.15, 0.2) is 18.2 Å². The number of hydrogen-bond donors (Lipinski definition) is 1. The summed E-state index contributed by atoms with van der Waals surface area (Å²) in [6.45, 7) is 5.17. The Hall–Kier alpha value is -1.51. The minimum Gasteiger partial charge on any atom is -0.348 e. The van der Waals surface area contributed by atoms with Crippen molar-refractivity contribution >= 4 is 11.6 Å². The zero-order valence-corrected chi connectivity index (χ0v) is 9.71. The summed E-state index contributed by atoms with van der Waals surface area (Å²) in [5.41, 5.74) is 2.88. The molecule has 0 radical (unpaired) electrons. The molecule has 1 fully saturated rings. The second-order valence-electron chi connectivity index (χ2n) is 5.00. The van der Waals surface area contributed by atoms with Crippen molar-refractivity contribution in [3.05, 3.63) is 29.3 Å². The van der Waals surface area contributed by atoms with Crippen molar-refractivity contribution in [2.75, 3.05) is 11.4 Å². The number of benzene rings is 1. The number of nitrogens with zero attached hydrogens (tertiary/aromatic N) is 1. The molecule has 3 rings (SSSR count). The van der Waals surface area contributed by atoms with Gasteiger partial charge in [0.25, 0.3) is 5.91 Å². The van der Waals surface area contributed by atoms with E-state index < -0.39 is 0 Å². The molecule has 1 atom stereocenters. The molecule has 2 aliphatic rings. The van der Waals surface area contributed by atoms with E-state index in [1.165, 1.54) is 0 Å². The van der Waals surface area contributed by atoms with E-state index in [-0.39, 0.29) is 11.6 Å². The van der Waals surface area contributed by atoms with Crippen molar-refractivity contribution in [2.24, 2.45) is 0 Å². The second-order valence-corrected chi connectivity index (χ2v) is 5.00. The second kappa shape index (κ2) is 3.00. The molecule has 84 valence electrons. The van der Waals surface area contributed by atoms with Crippen molar-refractivity contribution in [3.63, 3.8) is 0 Å². The van der Waals surface area contributed by atoms with Crippen LogP contribution >= 0.6 is 0 Å². The van der Waals surface area contributed by atoms with Gasteiger partial charge in [0.15, 0.2) is 0 Å². The topological polar surface area (TPSA) is 32.3 Å². The number of amides is 1. The number of carbonyl (C=O) groups excluding carboxylic acids is 1. The first-order valence-electron chi connectivity index (χ1n) is 5.81. The number of rotatable bonds is 0. The van der Waals surface area contributed by atoms with E-state index in [0.717, 1.165) is 36.2 Å². The fourth-order valence-electron chi connectivity index (χ4n) is 2.86. The first kappa shape index (κ1) is 9.70. The molecule has 2 aliphatic heterocycles. The highest BCUT2D eigenvalue weighted by atomic mass is 16.2. The number of hydrogen-bond acceptors (Lipinski definition) is 2. The quantitative estimate of drug-likeness (QED) is 0.720. The highest BCUT2D eigenvalue weighted by Gasteiger charge is 2.43. The highest BCUT2D eigenvalue weighted by Crippen LogP contribution is 2.38. The van der Waals surface area contributed by atoms with Gasteiger partial charge in [0.2, 0.25) is 0 Å². The Bertz CT molecular complexity index is 469. The lowest BCUT2D eigenvalue weighted by Gasteiger charge is -2.42. The number of anilines is 1. The molecule has 0 spiro atoms. The fourth-order valence-corrected chi connectivity index (χ4v) is 2.86. The summed E-state index contributed by atoms with van der Waals surface area (Å²) in [5, 5.41) is 3.13. The monoisotopic (exact) mass is 216 g/mol. The van der Waals surface area contributed by atoms with Crippen LogP contribution in [0, 0.1) is 6.92 Å². The predicted octanol–water partition coefficient (Wildman–Crippen LogP) is 2.05. The minimum absolute atomic E-state index is 0.0688. The number of carbonyl (C=O) groups is 1. The molecule has 0 saturated carbocycles. The van der Waals surface area contributed by atoms with Crippen molar-refractivity contribution in [1.29, 1.82) is 0 Å². The van der Waals surface area contributed by atoms with E-state index in [0.29, 0.717) is 0 Å². The molecule has 1 saturated heterocycles. The Morgan fingerprint density at radius 2 is 2.25 bits per heavy atom. The van der Waals surface area contributed by atoms with Gasteiger partial charge in [0.05, 0.1) is 11.3 Å². The van der Waals surface area contributed by atoms with Crippen LogP contribution in [-0.4, -0.2) is 18.1 Å². The Morgan fingerprint density at radius 1 is 1.44 bits per heavy atom. The van der Waals surface area contributed by atoms with Gasteiger partial charge in [-0.05, 0) is 38.8 Å². The molecule has 0 aliphatic carbocycles. The van der Waals surface area contributed by atoms with Gasteiger partial charge >= 0.3 is 0 Å². The van der Waals surface area contributed by atoms with Crippen LogP contribution in [0.5, 0.6) is 0 Å². The summed E-state index contributed by atoms with van der Waals surface area (Å²) in [5.74, 6) is 0.0688. The lowest BCUT2D eigenvalue weighted by Crippen LogP contribution is -2.59. The van der Waals surface area contributed by atoms with Gasteiger partial charge in [0, 0.05) is 6.54 Å². The number of fused-ring (bicyclic) bond motifs is 3. The smallest absolute Gasteiger partial charge is 0.255 e. The van der Waals surface area contributed by atoms with Gasteiger partial charge in [-0.2, -0.15) is 0 Å². The van der Waals surface area contributed by atoms with E-state index in [2.05, 4.69) is 29.3 Å². The molecule has 0 bridgehead atoms. The zero-order chi connectivity index (χ0) is 11.3. The molecule has 0 aromatic heterocycles. The van der Waals surface area contributed by atoms with E-state index >= 15 is 0 Å². The standard InChI is InChI=1S/C13H16N2O/c1-9-4-5-11-10(8-9)12(16)14-13(2)6-3-7-15(11)13/h4-5,8H,3,6-7H2,1-2H3,(H,14,16). The van der Waals surface area contributed by atoms with E-state index in [9.17, 15) is 4.79 Å². The zero-order valence-electron chi connectivity index (χ0n) is 9.71. The largest absolute Gasteiger partial charge is 0.348 e. The van der Waals surface area contributed by atoms with Crippen LogP contribution in [0.4, 0.5) is 5.69 Å². The summed E-state index contributed by atoms with van der Waals surface area (Å²) in [4.78, 5) is 14.4. The van der Waals surface area contributed by atoms with Gasteiger partial charge in [-0.1, -0.05) is 11.6 Å². The highest BCUT2D eigenvalue weighted by molar-refractivity contribution is 6.02. The minimum atomic E-state index is -0.167. The molecule has 2 heterocycles. The maximum Gasteiger partial charge on any atom is 0.255 e. The van der Waals surface area contributed by atoms with E-state index in [1.807, 2.05) is 13.0 Å².